The molecule has 0 aliphatic heterocycles. The molecular formula is C9H6F2I2O3S. The Labute approximate surface area is 128 Å². The lowest BCUT2D eigenvalue weighted by atomic mass is 10.3. The predicted molar refractivity (Wildman–Crippen MR) is 76.9 cm³/mol. The zero-order valence-corrected chi connectivity index (χ0v) is 13.5. The van der Waals surface area contributed by atoms with Crippen LogP contribution in [-0.4, -0.2) is 23.4 Å². The van der Waals surface area contributed by atoms with E-state index in [9.17, 15) is 13.6 Å². The van der Waals surface area contributed by atoms with E-state index in [0.29, 0.717) is 12.9 Å². The van der Waals surface area contributed by atoms with Crippen LogP contribution in [0.4, 0.5) is 8.78 Å². The van der Waals surface area contributed by atoms with Gasteiger partial charge in [0.15, 0.2) is 0 Å². The number of methoxy groups -OCH3 is 1. The van der Waals surface area contributed by atoms with Crippen LogP contribution >= 0.6 is 56.9 Å². The highest BCUT2D eigenvalue weighted by Crippen LogP contribution is 2.39. The maximum atomic E-state index is 13.0. The van der Waals surface area contributed by atoms with E-state index in [1.54, 1.807) is 0 Å². The number of carbonyl (C=O) groups is 1. The number of hydrogen-bond donors (Lipinski definition) is 1. The first-order valence-electron chi connectivity index (χ1n) is 4.11. The highest BCUT2D eigenvalue weighted by Gasteiger charge is 2.40. The molecule has 94 valence electrons. The monoisotopic (exact) mass is 486 g/mol. The average Bonchev–Trinajstić information content (AvgIpc) is 2.15. The minimum Gasteiger partial charge on any atom is -0.495 e. The molecule has 0 aliphatic rings. The maximum Gasteiger partial charge on any atom is 0.393 e. The lowest BCUT2D eigenvalue weighted by molar-refractivity contribution is -0.152. The summed E-state index contributed by atoms with van der Waals surface area (Å²) in [6.45, 7) is 0. The number of aliphatic carboxylic acids is 1. The summed E-state index contributed by atoms with van der Waals surface area (Å²) in [7, 11) is 1.48. The third-order valence-corrected chi connectivity index (χ3v) is 4.18. The molecule has 0 heterocycles. The van der Waals surface area contributed by atoms with Crippen LogP contribution in [0.2, 0.25) is 0 Å². The molecule has 0 aromatic heterocycles. The number of carboxylic acids is 1. The predicted octanol–water partition coefficient (Wildman–Crippen LogP) is 3.67. The van der Waals surface area contributed by atoms with Crippen LogP contribution in [0.1, 0.15) is 0 Å². The zero-order chi connectivity index (χ0) is 13.2. The molecule has 1 rings (SSSR count). The first kappa shape index (κ1) is 15.2. The van der Waals surface area contributed by atoms with Gasteiger partial charge in [-0.2, -0.15) is 8.78 Å². The molecule has 8 heteroatoms. The number of hydrogen-bond acceptors (Lipinski definition) is 3. The Morgan fingerprint density at radius 2 is 1.88 bits per heavy atom. The summed E-state index contributed by atoms with van der Waals surface area (Å²) >= 11 is 3.89. The molecule has 1 N–H and O–H groups in total. The molecule has 0 unspecified atom stereocenters. The van der Waals surface area contributed by atoms with Crippen molar-refractivity contribution in [3.63, 3.8) is 0 Å². The fourth-order valence-corrected chi connectivity index (χ4v) is 4.35. The smallest absolute Gasteiger partial charge is 0.393 e. The standard InChI is InChI=1S/C9H6F2I2O3S/c1-16-7-5(12)2-4(3-6(7)13)17-9(10,11)8(14)15/h2-3H,1H3,(H,14,15). The highest BCUT2D eigenvalue weighted by molar-refractivity contribution is 14.1. The van der Waals surface area contributed by atoms with E-state index in [1.807, 2.05) is 45.2 Å². The van der Waals surface area contributed by atoms with E-state index in [1.165, 1.54) is 19.2 Å². The van der Waals surface area contributed by atoms with Crippen molar-refractivity contribution in [2.45, 2.75) is 10.2 Å². The van der Waals surface area contributed by atoms with E-state index < -0.39 is 11.2 Å². The Balaban J connectivity index is 3.06. The Bertz CT molecular complexity index is 431. The second-order valence-corrected chi connectivity index (χ2v) is 6.36. The van der Waals surface area contributed by atoms with E-state index in [-0.39, 0.29) is 16.7 Å². The summed E-state index contributed by atoms with van der Waals surface area (Å²) in [5.74, 6) is -1.56. The minimum absolute atomic E-state index is 0.00348. The van der Waals surface area contributed by atoms with Gasteiger partial charge in [-0.15, -0.1) is 0 Å². The van der Waals surface area contributed by atoms with Crippen LogP contribution in [-0.2, 0) is 4.79 Å². The maximum absolute atomic E-state index is 13.0. The van der Waals surface area contributed by atoms with Crippen LogP contribution in [0.15, 0.2) is 17.0 Å². The van der Waals surface area contributed by atoms with Crippen molar-refractivity contribution in [1.82, 2.24) is 0 Å². The number of carboxylic acid groups (broad SMARTS) is 1. The Kier molecular flexibility index (Phi) is 5.25. The second-order valence-electron chi connectivity index (χ2n) is 2.84. The SMILES string of the molecule is COc1c(I)cc(SC(F)(F)C(=O)O)cc1I. The van der Waals surface area contributed by atoms with Crippen molar-refractivity contribution in [1.29, 1.82) is 0 Å². The molecule has 0 saturated heterocycles. The number of alkyl halides is 2. The third kappa shape index (κ3) is 3.81. The number of thioether (sulfide) groups is 1. The fourth-order valence-electron chi connectivity index (χ4n) is 0.982. The van der Waals surface area contributed by atoms with Crippen LogP contribution in [0.25, 0.3) is 0 Å². The van der Waals surface area contributed by atoms with Gasteiger partial charge in [0, 0.05) is 4.90 Å². The van der Waals surface area contributed by atoms with Gasteiger partial charge in [-0.1, -0.05) is 0 Å². The molecule has 0 amide bonds. The Morgan fingerprint density at radius 1 is 1.41 bits per heavy atom. The first-order valence-corrected chi connectivity index (χ1v) is 7.08. The van der Waals surface area contributed by atoms with Gasteiger partial charge >= 0.3 is 11.2 Å². The number of rotatable bonds is 4. The molecule has 3 nitrogen and oxygen atoms in total. The number of ether oxygens (including phenoxy) is 1. The lowest BCUT2D eigenvalue weighted by Crippen LogP contribution is -2.23. The van der Waals surface area contributed by atoms with Crippen molar-refractivity contribution in [2.75, 3.05) is 7.11 Å². The van der Waals surface area contributed by atoms with Crippen molar-refractivity contribution in [3.05, 3.63) is 19.3 Å². The van der Waals surface area contributed by atoms with Crippen LogP contribution in [0.3, 0.4) is 0 Å². The molecule has 0 spiro atoms. The van der Waals surface area contributed by atoms with Crippen LogP contribution in [0, 0.1) is 7.14 Å². The van der Waals surface area contributed by atoms with Gasteiger partial charge in [-0.25, -0.2) is 4.79 Å². The first-order chi connectivity index (χ1) is 7.77. The van der Waals surface area contributed by atoms with Crippen molar-refractivity contribution in [3.8, 4) is 5.75 Å². The van der Waals surface area contributed by atoms with Crippen molar-refractivity contribution >= 4 is 62.9 Å². The van der Waals surface area contributed by atoms with Crippen LogP contribution in [0.5, 0.6) is 5.75 Å². The van der Waals surface area contributed by atoms with Crippen molar-refractivity contribution < 1.29 is 23.4 Å². The normalized spacial score (nSPS) is 11.4. The van der Waals surface area contributed by atoms with Gasteiger partial charge in [-0.3, -0.25) is 0 Å². The van der Waals surface area contributed by atoms with Gasteiger partial charge in [-0.05, 0) is 69.1 Å². The van der Waals surface area contributed by atoms with Gasteiger partial charge in [0.1, 0.15) is 5.75 Å². The number of halogens is 4. The topological polar surface area (TPSA) is 46.5 Å². The third-order valence-electron chi connectivity index (χ3n) is 1.67. The zero-order valence-electron chi connectivity index (χ0n) is 8.34. The van der Waals surface area contributed by atoms with Crippen molar-refractivity contribution in [2.24, 2.45) is 0 Å². The van der Waals surface area contributed by atoms with Gasteiger partial charge in [0.2, 0.25) is 0 Å². The summed E-state index contributed by atoms with van der Waals surface area (Å²) in [4.78, 5) is 10.5. The summed E-state index contributed by atoms with van der Waals surface area (Å²) in [5.41, 5.74) is 0. The fraction of sp³-hybridized carbons (Fsp3) is 0.222. The molecular weight excluding hydrogens is 480 g/mol. The van der Waals surface area contributed by atoms with Gasteiger partial charge < -0.3 is 9.84 Å². The van der Waals surface area contributed by atoms with E-state index in [0.717, 1.165) is 0 Å². The lowest BCUT2D eigenvalue weighted by Gasteiger charge is -2.12. The Hall–Kier alpha value is 0.160. The van der Waals surface area contributed by atoms with E-state index in [4.69, 9.17) is 9.84 Å². The van der Waals surface area contributed by atoms with E-state index in [2.05, 4.69) is 0 Å². The molecule has 1 aromatic carbocycles. The minimum atomic E-state index is -3.83. The van der Waals surface area contributed by atoms with Gasteiger partial charge in [0.05, 0.1) is 14.3 Å². The summed E-state index contributed by atoms with van der Waals surface area (Å²) < 4.78 is 32.4. The molecule has 0 atom stereocenters. The molecule has 0 saturated carbocycles. The molecule has 0 aliphatic carbocycles. The van der Waals surface area contributed by atoms with Gasteiger partial charge in [0.25, 0.3) is 0 Å². The molecule has 17 heavy (non-hydrogen) atoms. The quantitative estimate of drug-likeness (QED) is 0.522. The highest BCUT2D eigenvalue weighted by atomic mass is 127. The molecule has 1 aromatic rings. The summed E-state index contributed by atoms with van der Waals surface area (Å²) in [6.07, 6.45) is 0. The average molecular weight is 486 g/mol. The largest absolute Gasteiger partial charge is 0.495 e. The van der Waals surface area contributed by atoms with E-state index >= 15 is 0 Å². The second kappa shape index (κ2) is 5.87. The Morgan fingerprint density at radius 3 is 2.24 bits per heavy atom. The van der Waals surface area contributed by atoms with Crippen LogP contribution < -0.4 is 4.74 Å². The summed E-state index contributed by atoms with van der Waals surface area (Å²) in [5, 5.41) is 4.51. The molecule has 0 radical (unpaired) electrons. The molecule has 0 fully saturated rings. The molecule has 0 bridgehead atoms. The number of benzene rings is 1. The summed E-state index contributed by atoms with van der Waals surface area (Å²) in [6, 6.07) is 2.92.